The van der Waals surface area contributed by atoms with Crippen LogP contribution in [0.5, 0.6) is 11.5 Å². The molecule has 1 aliphatic rings. The molecule has 0 aliphatic heterocycles. The van der Waals surface area contributed by atoms with E-state index >= 15 is 0 Å². The molecule has 1 aromatic carbocycles. The Morgan fingerprint density at radius 1 is 1.32 bits per heavy atom. The van der Waals surface area contributed by atoms with Gasteiger partial charge in [-0.15, -0.1) is 0 Å². The van der Waals surface area contributed by atoms with Crippen molar-refractivity contribution in [2.24, 2.45) is 5.41 Å². The molecule has 3 heteroatoms. The lowest BCUT2D eigenvalue weighted by molar-refractivity contribution is 0.156. The van der Waals surface area contributed by atoms with Gasteiger partial charge in [0.25, 0.3) is 0 Å². The van der Waals surface area contributed by atoms with Gasteiger partial charge in [-0.2, -0.15) is 0 Å². The SMILES string of the molecule is CCOc1cccc(CNCC2(C)CCC2)c1OC. The lowest BCUT2D eigenvalue weighted by Crippen LogP contribution is -2.37. The van der Waals surface area contributed by atoms with E-state index in [1.807, 2.05) is 19.1 Å². The van der Waals surface area contributed by atoms with Crippen molar-refractivity contribution in [2.45, 2.75) is 39.7 Å². The smallest absolute Gasteiger partial charge is 0.165 e. The second-order valence-electron chi connectivity index (χ2n) is 5.65. The Kier molecular flexibility index (Phi) is 4.70. The summed E-state index contributed by atoms with van der Waals surface area (Å²) >= 11 is 0. The van der Waals surface area contributed by atoms with Crippen molar-refractivity contribution in [3.63, 3.8) is 0 Å². The fourth-order valence-corrected chi connectivity index (χ4v) is 2.66. The van der Waals surface area contributed by atoms with Gasteiger partial charge < -0.3 is 14.8 Å². The lowest BCUT2D eigenvalue weighted by atomic mass is 9.70. The van der Waals surface area contributed by atoms with E-state index in [2.05, 4.69) is 18.3 Å². The third-order valence-corrected chi connectivity index (χ3v) is 3.99. The minimum atomic E-state index is 0.505. The number of nitrogens with one attached hydrogen (secondary N) is 1. The van der Waals surface area contributed by atoms with Gasteiger partial charge in [0, 0.05) is 18.7 Å². The topological polar surface area (TPSA) is 30.5 Å². The first-order valence-corrected chi connectivity index (χ1v) is 7.18. The van der Waals surface area contributed by atoms with Gasteiger partial charge in [0.05, 0.1) is 13.7 Å². The molecule has 3 nitrogen and oxygen atoms in total. The fourth-order valence-electron chi connectivity index (χ4n) is 2.66. The van der Waals surface area contributed by atoms with E-state index < -0.39 is 0 Å². The van der Waals surface area contributed by atoms with Crippen LogP contribution < -0.4 is 14.8 Å². The van der Waals surface area contributed by atoms with E-state index in [4.69, 9.17) is 9.47 Å². The Morgan fingerprint density at radius 3 is 2.68 bits per heavy atom. The van der Waals surface area contributed by atoms with Gasteiger partial charge in [-0.25, -0.2) is 0 Å². The first kappa shape index (κ1) is 14.2. The molecule has 2 rings (SSSR count). The minimum absolute atomic E-state index is 0.505. The molecule has 0 saturated heterocycles. The van der Waals surface area contributed by atoms with Crippen molar-refractivity contribution < 1.29 is 9.47 Å². The summed E-state index contributed by atoms with van der Waals surface area (Å²) in [4.78, 5) is 0. The molecule has 0 spiro atoms. The van der Waals surface area contributed by atoms with Crippen LogP contribution in [0.2, 0.25) is 0 Å². The van der Waals surface area contributed by atoms with Gasteiger partial charge in [0.2, 0.25) is 0 Å². The zero-order valence-electron chi connectivity index (χ0n) is 12.3. The van der Waals surface area contributed by atoms with Crippen LogP contribution in [-0.4, -0.2) is 20.3 Å². The summed E-state index contributed by atoms with van der Waals surface area (Å²) < 4.78 is 11.1. The maximum Gasteiger partial charge on any atom is 0.165 e. The maximum atomic E-state index is 5.60. The van der Waals surface area contributed by atoms with Gasteiger partial charge >= 0.3 is 0 Å². The first-order chi connectivity index (χ1) is 9.18. The molecule has 106 valence electrons. The number of hydrogen-bond donors (Lipinski definition) is 1. The third-order valence-electron chi connectivity index (χ3n) is 3.99. The highest BCUT2D eigenvalue weighted by Gasteiger charge is 2.30. The lowest BCUT2D eigenvalue weighted by Gasteiger charge is -2.38. The number of rotatable bonds is 7. The Balaban J connectivity index is 1.96. The Bertz CT molecular complexity index is 413. The molecule has 1 aromatic rings. The van der Waals surface area contributed by atoms with Crippen LogP contribution in [0.15, 0.2) is 18.2 Å². The van der Waals surface area contributed by atoms with Crippen molar-refractivity contribution in [2.75, 3.05) is 20.3 Å². The van der Waals surface area contributed by atoms with Crippen molar-refractivity contribution in [1.82, 2.24) is 5.32 Å². The van der Waals surface area contributed by atoms with E-state index in [1.165, 1.54) is 19.3 Å². The molecule has 0 radical (unpaired) electrons. The molecule has 1 N–H and O–H groups in total. The van der Waals surface area contributed by atoms with Crippen LogP contribution >= 0.6 is 0 Å². The summed E-state index contributed by atoms with van der Waals surface area (Å²) in [6.07, 6.45) is 4.06. The summed E-state index contributed by atoms with van der Waals surface area (Å²) in [5, 5.41) is 3.55. The van der Waals surface area contributed by atoms with Gasteiger partial charge in [0.15, 0.2) is 11.5 Å². The Morgan fingerprint density at radius 2 is 2.11 bits per heavy atom. The number of methoxy groups -OCH3 is 1. The van der Waals surface area contributed by atoms with Crippen LogP contribution in [0.4, 0.5) is 0 Å². The molecule has 0 aromatic heterocycles. The van der Waals surface area contributed by atoms with E-state index in [-0.39, 0.29) is 0 Å². The molecule has 1 saturated carbocycles. The summed E-state index contributed by atoms with van der Waals surface area (Å²) in [6, 6.07) is 6.08. The van der Waals surface area contributed by atoms with E-state index in [0.29, 0.717) is 12.0 Å². The highest BCUT2D eigenvalue weighted by molar-refractivity contribution is 5.46. The van der Waals surface area contributed by atoms with Crippen molar-refractivity contribution in [1.29, 1.82) is 0 Å². The van der Waals surface area contributed by atoms with Crippen LogP contribution in [0.25, 0.3) is 0 Å². The number of hydrogen-bond acceptors (Lipinski definition) is 3. The summed E-state index contributed by atoms with van der Waals surface area (Å²) in [6.45, 7) is 6.92. The molecular weight excluding hydrogens is 238 g/mol. The van der Waals surface area contributed by atoms with Crippen LogP contribution in [0.3, 0.4) is 0 Å². The van der Waals surface area contributed by atoms with Gasteiger partial charge in [-0.05, 0) is 31.2 Å². The second-order valence-corrected chi connectivity index (χ2v) is 5.65. The standard InChI is InChI=1S/C16H25NO2/c1-4-19-14-8-5-7-13(15(14)18-3)11-17-12-16(2)9-6-10-16/h5,7-8,17H,4,6,9-12H2,1-3H3. The quantitative estimate of drug-likeness (QED) is 0.818. The molecule has 19 heavy (non-hydrogen) atoms. The maximum absolute atomic E-state index is 5.60. The summed E-state index contributed by atoms with van der Waals surface area (Å²) in [7, 11) is 1.70. The monoisotopic (exact) mass is 263 g/mol. The van der Waals surface area contributed by atoms with E-state index in [9.17, 15) is 0 Å². The van der Waals surface area contributed by atoms with Gasteiger partial charge in [-0.3, -0.25) is 0 Å². The average Bonchev–Trinajstić information content (AvgIpc) is 2.37. The molecule has 0 atom stereocenters. The van der Waals surface area contributed by atoms with Gasteiger partial charge in [0.1, 0.15) is 0 Å². The Labute approximate surface area is 116 Å². The zero-order chi connectivity index (χ0) is 13.7. The predicted molar refractivity (Wildman–Crippen MR) is 77.8 cm³/mol. The second kappa shape index (κ2) is 6.29. The molecule has 0 amide bonds. The zero-order valence-corrected chi connectivity index (χ0v) is 12.3. The van der Waals surface area contributed by atoms with Crippen LogP contribution in [0.1, 0.15) is 38.7 Å². The van der Waals surface area contributed by atoms with Crippen LogP contribution in [-0.2, 0) is 6.54 Å². The van der Waals surface area contributed by atoms with Crippen LogP contribution in [0, 0.1) is 5.41 Å². The normalized spacial score (nSPS) is 16.8. The first-order valence-electron chi connectivity index (χ1n) is 7.18. The number of para-hydroxylation sites is 1. The molecule has 1 aliphatic carbocycles. The molecular formula is C16H25NO2. The number of ether oxygens (including phenoxy) is 2. The van der Waals surface area contributed by atoms with Crippen molar-refractivity contribution >= 4 is 0 Å². The highest BCUT2D eigenvalue weighted by Crippen LogP contribution is 2.39. The molecule has 1 fully saturated rings. The average molecular weight is 263 g/mol. The highest BCUT2D eigenvalue weighted by atomic mass is 16.5. The van der Waals surface area contributed by atoms with Crippen molar-refractivity contribution in [3.05, 3.63) is 23.8 Å². The van der Waals surface area contributed by atoms with Crippen molar-refractivity contribution in [3.8, 4) is 11.5 Å². The molecule has 0 unspecified atom stereocenters. The Hall–Kier alpha value is -1.22. The number of benzene rings is 1. The van der Waals surface area contributed by atoms with E-state index in [1.54, 1.807) is 7.11 Å². The predicted octanol–water partition coefficient (Wildman–Crippen LogP) is 3.37. The van der Waals surface area contributed by atoms with Gasteiger partial charge in [-0.1, -0.05) is 25.5 Å². The molecule has 0 heterocycles. The summed E-state index contributed by atoms with van der Waals surface area (Å²) in [5.41, 5.74) is 1.67. The fraction of sp³-hybridized carbons (Fsp3) is 0.625. The third kappa shape index (κ3) is 3.41. The minimum Gasteiger partial charge on any atom is -0.493 e. The molecule has 0 bridgehead atoms. The summed E-state index contributed by atoms with van der Waals surface area (Å²) in [5.74, 6) is 1.69. The van der Waals surface area contributed by atoms with E-state index in [0.717, 1.165) is 30.2 Å². The largest absolute Gasteiger partial charge is 0.493 e.